The van der Waals surface area contributed by atoms with Crippen molar-refractivity contribution >= 4 is 11.6 Å². The molecule has 2 atom stereocenters. The van der Waals surface area contributed by atoms with Gasteiger partial charge in [-0.05, 0) is 36.5 Å². The number of halogens is 1. The zero-order valence-electron chi connectivity index (χ0n) is 8.83. The highest BCUT2D eigenvalue weighted by molar-refractivity contribution is 6.31. The predicted molar refractivity (Wildman–Crippen MR) is 62.1 cm³/mol. The Bertz CT molecular complexity index is 380. The predicted octanol–water partition coefficient (Wildman–Crippen LogP) is 1.86. The van der Waals surface area contributed by atoms with E-state index in [-0.39, 0.29) is 12.0 Å². The van der Waals surface area contributed by atoms with Gasteiger partial charge in [-0.3, -0.25) is 0 Å². The van der Waals surface area contributed by atoms with E-state index in [1.165, 1.54) is 5.56 Å². The summed E-state index contributed by atoms with van der Waals surface area (Å²) in [6.45, 7) is 2.78. The fourth-order valence-corrected chi connectivity index (χ4v) is 2.42. The molecule has 1 fully saturated rings. The van der Waals surface area contributed by atoms with Crippen LogP contribution in [0.3, 0.4) is 0 Å². The minimum absolute atomic E-state index is 0.0217. The van der Waals surface area contributed by atoms with Gasteiger partial charge < -0.3 is 10.8 Å². The zero-order chi connectivity index (χ0) is 11.1. The second-order valence-corrected chi connectivity index (χ2v) is 4.82. The van der Waals surface area contributed by atoms with Crippen LogP contribution in [0.2, 0.25) is 5.02 Å². The highest BCUT2D eigenvalue weighted by Gasteiger charge is 2.53. The van der Waals surface area contributed by atoms with E-state index < -0.39 is 0 Å². The quantitative estimate of drug-likeness (QED) is 0.825. The average Bonchev–Trinajstić information content (AvgIpc) is 2.97. The van der Waals surface area contributed by atoms with Crippen LogP contribution in [-0.2, 0) is 5.41 Å². The molecule has 0 aromatic heterocycles. The molecule has 0 saturated heterocycles. The Balaban J connectivity index is 2.33. The lowest BCUT2D eigenvalue weighted by molar-refractivity contribution is 0.264. The van der Waals surface area contributed by atoms with Gasteiger partial charge in [0.15, 0.2) is 0 Å². The Hall–Kier alpha value is -0.570. The van der Waals surface area contributed by atoms with Gasteiger partial charge in [0.2, 0.25) is 0 Å². The molecule has 1 aromatic rings. The molecule has 3 heteroatoms. The number of aryl methyl sites for hydroxylation is 1. The van der Waals surface area contributed by atoms with Gasteiger partial charge in [-0.15, -0.1) is 0 Å². The molecule has 2 nitrogen and oxygen atoms in total. The minimum atomic E-state index is -0.0217. The van der Waals surface area contributed by atoms with Crippen molar-refractivity contribution in [1.82, 2.24) is 0 Å². The maximum atomic E-state index is 9.17. The van der Waals surface area contributed by atoms with Gasteiger partial charge >= 0.3 is 0 Å². The standard InChI is InChI=1S/C12H16ClNO/c1-8-2-3-9(4-11(8)13)12(7-14)5-10(12)6-15/h2-4,10,15H,5-7,14H2,1H3/t10-,12-/m0/s1. The highest BCUT2D eigenvalue weighted by atomic mass is 35.5. The molecule has 0 bridgehead atoms. The van der Waals surface area contributed by atoms with Crippen molar-refractivity contribution in [2.24, 2.45) is 11.7 Å². The molecule has 0 aliphatic heterocycles. The van der Waals surface area contributed by atoms with Crippen LogP contribution in [0.5, 0.6) is 0 Å². The maximum absolute atomic E-state index is 9.17. The fourth-order valence-electron chi connectivity index (χ4n) is 2.24. The van der Waals surface area contributed by atoms with Gasteiger partial charge in [0.25, 0.3) is 0 Å². The summed E-state index contributed by atoms with van der Waals surface area (Å²) in [6, 6.07) is 6.07. The van der Waals surface area contributed by atoms with E-state index in [9.17, 15) is 0 Å². The van der Waals surface area contributed by atoms with Gasteiger partial charge in [0, 0.05) is 23.6 Å². The number of rotatable bonds is 3. The van der Waals surface area contributed by atoms with E-state index in [2.05, 4.69) is 6.07 Å². The number of hydrogen-bond acceptors (Lipinski definition) is 2. The Morgan fingerprint density at radius 3 is 2.80 bits per heavy atom. The molecule has 3 N–H and O–H groups in total. The molecule has 1 aromatic carbocycles. The van der Waals surface area contributed by atoms with Gasteiger partial charge in [-0.1, -0.05) is 23.7 Å². The Morgan fingerprint density at radius 1 is 1.60 bits per heavy atom. The molecule has 0 radical (unpaired) electrons. The zero-order valence-corrected chi connectivity index (χ0v) is 9.59. The van der Waals surface area contributed by atoms with E-state index in [0.717, 1.165) is 17.0 Å². The number of aliphatic hydroxyl groups excluding tert-OH is 1. The molecule has 0 spiro atoms. The maximum Gasteiger partial charge on any atom is 0.0468 e. The van der Waals surface area contributed by atoms with Crippen molar-refractivity contribution in [2.45, 2.75) is 18.8 Å². The van der Waals surface area contributed by atoms with Crippen LogP contribution in [0.25, 0.3) is 0 Å². The van der Waals surface area contributed by atoms with Crippen LogP contribution in [-0.4, -0.2) is 18.3 Å². The van der Waals surface area contributed by atoms with Crippen molar-refractivity contribution < 1.29 is 5.11 Å². The molecule has 82 valence electrons. The number of nitrogens with two attached hydrogens (primary N) is 1. The Kier molecular flexibility index (Phi) is 2.75. The highest BCUT2D eigenvalue weighted by Crippen LogP contribution is 2.53. The second kappa shape index (κ2) is 3.78. The summed E-state index contributed by atoms with van der Waals surface area (Å²) in [5.41, 5.74) is 8.02. The molecule has 2 rings (SSSR count). The summed E-state index contributed by atoms with van der Waals surface area (Å²) in [7, 11) is 0. The lowest BCUT2D eigenvalue weighted by Gasteiger charge is -2.16. The van der Waals surface area contributed by atoms with E-state index in [1.807, 2.05) is 19.1 Å². The fraction of sp³-hybridized carbons (Fsp3) is 0.500. The van der Waals surface area contributed by atoms with Crippen LogP contribution >= 0.6 is 11.6 Å². The third kappa shape index (κ3) is 1.67. The van der Waals surface area contributed by atoms with Gasteiger partial charge in [-0.25, -0.2) is 0 Å². The minimum Gasteiger partial charge on any atom is -0.396 e. The normalized spacial score (nSPS) is 29.2. The Labute approximate surface area is 95.1 Å². The van der Waals surface area contributed by atoms with Crippen molar-refractivity contribution in [2.75, 3.05) is 13.2 Å². The molecule has 1 aliphatic rings. The molecule has 15 heavy (non-hydrogen) atoms. The molecular weight excluding hydrogens is 210 g/mol. The lowest BCUT2D eigenvalue weighted by Crippen LogP contribution is -2.23. The van der Waals surface area contributed by atoms with Gasteiger partial charge in [-0.2, -0.15) is 0 Å². The average molecular weight is 226 g/mol. The van der Waals surface area contributed by atoms with Gasteiger partial charge in [0.05, 0.1) is 0 Å². The summed E-state index contributed by atoms with van der Waals surface area (Å²) < 4.78 is 0. The molecule has 1 saturated carbocycles. The molecule has 0 heterocycles. The van der Waals surface area contributed by atoms with Crippen molar-refractivity contribution in [3.05, 3.63) is 34.3 Å². The first-order valence-electron chi connectivity index (χ1n) is 5.21. The SMILES string of the molecule is Cc1ccc([C@@]2(CN)C[C@H]2CO)cc1Cl. The topological polar surface area (TPSA) is 46.2 Å². The Morgan fingerprint density at radius 2 is 2.33 bits per heavy atom. The third-order valence-electron chi connectivity index (χ3n) is 3.56. The van der Waals surface area contributed by atoms with Crippen molar-refractivity contribution in [3.8, 4) is 0 Å². The summed E-state index contributed by atoms with van der Waals surface area (Å²) in [5.74, 6) is 0.307. The van der Waals surface area contributed by atoms with E-state index >= 15 is 0 Å². The van der Waals surface area contributed by atoms with Crippen LogP contribution in [0.1, 0.15) is 17.5 Å². The lowest BCUT2D eigenvalue weighted by atomic mass is 9.93. The third-order valence-corrected chi connectivity index (χ3v) is 3.97. The first-order chi connectivity index (χ1) is 7.14. The van der Waals surface area contributed by atoms with Crippen LogP contribution in [0.15, 0.2) is 18.2 Å². The van der Waals surface area contributed by atoms with Crippen LogP contribution < -0.4 is 5.73 Å². The van der Waals surface area contributed by atoms with Crippen LogP contribution in [0, 0.1) is 12.8 Å². The van der Waals surface area contributed by atoms with Crippen LogP contribution in [0.4, 0.5) is 0 Å². The van der Waals surface area contributed by atoms with E-state index in [0.29, 0.717) is 12.5 Å². The first kappa shape index (κ1) is 10.9. The van der Waals surface area contributed by atoms with Gasteiger partial charge in [0.1, 0.15) is 0 Å². The number of aliphatic hydroxyl groups is 1. The molecular formula is C12H16ClNO. The monoisotopic (exact) mass is 225 g/mol. The van der Waals surface area contributed by atoms with Crippen molar-refractivity contribution in [1.29, 1.82) is 0 Å². The smallest absolute Gasteiger partial charge is 0.0468 e. The molecule has 0 amide bonds. The molecule has 0 unspecified atom stereocenters. The second-order valence-electron chi connectivity index (χ2n) is 4.41. The number of hydrogen-bond donors (Lipinski definition) is 2. The summed E-state index contributed by atoms with van der Waals surface area (Å²) in [5, 5.41) is 9.95. The van der Waals surface area contributed by atoms with E-state index in [1.54, 1.807) is 0 Å². The summed E-state index contributed by atoms with van der Waals surface area (Å²) in [4.78, 5) is 0. The first-order valence-corrected chi connectivity index (χ1v) is 5.59. The van der Waals surface area contributed by atoms with Crippen molar-refractivity contribution in [3.63, 3.8) is 0 Å². The largest absolute Gasteiger partial charge is 0.396 e. The summed E-state index contributed by atoms with van der Waals surface area (Å²) >= 11 is 6.09. The molecule has 1 aliphatic carbocycles. The summed E-state index contributed by atoms with van der Waals surface area (Å²) in [6.07, 6.45) is 0.972. The van der Waals surface area contributed by atoms with E-state index in [4.69, 9.17) is 22.4 Å². The number of benzene rings is 1.